The van der Waals surface area contributed by atoms with Crippen LogP contribution in [-0.4, -0.2) is 19.5 Å². The highest BCUT2D eigenvalue weighted by Gasteiger charge is 2.33. The average Bonchev–Trinajstić information content (AvgIpc) is 3.16. The highest BCUT2D eigenvalue weighted by atomic mass is 35.5. The number of carboxylic acid groups (broad SMARTS) is 1. The number of carboxylic acids is 1. The second kappa shape index (κ2) is 8.36. The molecule has 0 spiro atoms. The third kappa shape index (κ3) is 4.82. The minimum absolute atomic E-state index is 0.286. The fourth-order valence-electron chi connectivity index (χ4n) is 3.18. The number of carbonyl (C=O) groups is 1. The van der Waals surface area contributed by atoms with Gasteiger partial charge in [-0.15, -0.1) is 11.3 Å². The van der Waals surface area contributed by atoms with Crippen molar-refractivity contribution in [2.24, 2.45) is 0 Å². The molecule has 0 aliphatic carbocycles. The summed E-state index contributed by atoms with van der Waals surface area (Å²) in [7, 11) is -4.59. The largest absolute Gasteiger partial charge is 0.478 e. The Labute approximate surface area is 195 Å². The van der Waals surface area contributed by atoms with Crippen molar-refractivity contribution >= 4 is 54.7 Å². The maximum atomic E-state index is 13.1. The van der Waals surface area contributed by atoms with Crippen LogP contribution in [0.2, 0.25) is 5.02 Å². The van der Waals surface area contributed by atoms with E-state index in [2.05, 4.69) is 4.72 Å². The minimum Gasteiger partial charge on any atom is -0.478 e. The van der Waals surface area contributed by atoms with Gasteiger partial charge in [0.2, 0.25) is 0 Å². The van der Waals surface area contributed by atoms with Crippen LogP contribution >= 0.6 is 22.9 Å². The fraction of sp³-hybridized carbons (Fsp3) is 0.0455. The molecule has 0 saturated carbocycles. The number of aromatic carboxylic acids is 1. The summed E-state index contributed by atoms with van der Waals surface area (Å²) >= 11 is 7.13. The molecule has 0 fully saturated rings. The van der Waals surface area contributed by atoms with Crippen molar-refractivity contribution in [3.8, 4) is 10.4 Å². The number of nitrogens with one attached hydrogen (secondary N) is 1. The predicted octanol–water partition coefficient (Wildman–Crippen LogP) is 6.74. The molecule has 11 heteroatoms. The Morgan fingerprint density at radius 2 is 1.73 bits per heavy atom. The number of fused-ring (bicyclic) bond motifs is 1. The Balaban J connectivity index is 1.79. The maximum absolute atomic E-state index is 13.1. The average molecular weight is 512 g/mol. The standard InChI is InChI=1S/C22H13ClF3NO4S2/c23-15-9-14(22(24,25)26)10-16(11-15)33(30,31)27-18-7-13(5-6-17(18)21(28)29)20-8-12-3-1-2-4-19(12)32-20/h1-11,27H,(H,28,29). The molecule has 0 bridgehead atoms. The normalized spacial score (nSPS) is 12.1. The Hall–Kier alpha value is -3.08. The van der Waals surface area contributed by atoms with Crippen LogP contribution in [-0.2, 0) is 16.2 Å². The first-order chi connectivity index (χ1) is 15.4. The maximum Gasteiger partial charge on any atom is 0.416 e. The highest BCUT2D eigenvalue weighted by Crippen LogP contribution is 2.37. The topological polar surface area (TPSA) is 83.5 Å². The van der Waals surface area contributed by atoms with Crippen molar-refractivity contribution in [2.75, 3.05) is 4.72 Å². The van der Waals surface area contributed by atoms with Gasteiger partial charge in [0, 0.05) is 14.6 Å². The third-order valence-corrected chi connectivity index (χ3v) is 7.44. The van der Waals surface area contributed by atoms with E-state index in [9.17, 15) is 31.5 Å². The Bertz CT molecular complexity index is 1460. The lowest BCUT2D eigenvalue weighted by Crippen LogP contribution is -2.17. The van der Waals surface area contributed by atoms with Gasteiger partial charge in [0.1, 0.15) is 0 Å². The number of alkyl halides is 3. The molecule has 0 aliphatic rings. The lowest BCUT2D eigenvalue weighted by atomic mass is 10.1. The molecule has 1 heterocycles. The van der Waals surface area contributed by atoms with Crippen molar-refractivity contribution in [2.45, 2.75) is 11.1 Å². The summed E-state index contributed by atoms with van der Waals surface area (Å²) in [4.78, 5) is 11.7. The fourth-order valence-corrected chi connectivity index (χ4v) is 5.68. The molecule has 0 saturated heterocycles. The molecule has 4 rings (SSSR count). The van der Waals surface area contributed by atoms with Crippen molar-refractivity contribution in [3.05, 3.63) is 82.9 Å². The van der Waals surface area contributed by atoms with Gasteiger partial charge in [0.25, 0.3) is 10.0 Å². The van der Waals surface area contributed by atoms with Crippen LogP contribution in [0.25, 0.3) is 20.5 Å². The smallest absolute Gasteiger partial charge is 0.416 e. The van der Waals surface area contributed by atoms with Crippen LogP contribution in [0, 0.1) is 0 Å². The first-order valence-electron chi connectivity index (χ1n) is 9.21. The Morgan fingerprint density at radius 3 is 2.39 bits per heavy atom. The molecule has 0 atom stereocenters. The van der Waals surface area contributed by atoms with Gasteiger partial charge in [-0.3, -0.25) is 4.72 Å². The quantitative estimate of drug-likeness (QED) is 0.311. The number of anilines is 1. The number of benzene rings is 3. The Morgan fingerprint density at radius 1 is 1.00 bits per heavy atom. The van der Waals surface area contributed by atoms with Crippen molar-refractivity contribution in [1.82, 2.24) is 0 Å². The van der Waals surface area contributed by atoms with Gasteiger partial charge >= 0.3 is 12.1 Å². The van der Waals surface area contributed by atoms with Crippen molar-refractivity contribution in [1.29, 1.82) is 0 Å². The van der Waals surface area contributed by atoms with Crippen molar-refractivity contribution < 1.29 is 31.5 Å². The molecular weight excluding hydrogens is 499 g/mol. The number of thiophene rings is 1. The SMILES string of the molecule is O=C(O)c1ccc(-c2cc3ccccc3s2)cc1NS(=O)(=O)c1cc(Cl)cc(C(F)(F)F)c1. The summed E-state index contributed by atoms with van der Waals surface area (Å²) in [5.74, 6) is -1.40. The van der Waals surface area contributed by atoms with Crippen LogP contribution in [0.4, 0.5) is 18.9 Å². The Kier molecular flexibility index (Phi) is 5.85. The zero-order valence-corrected chi connectivity index (χ0v) is 18.7. The molecule has 0 radical (unpaired) electrons. The molecule has 0 unspecified atom stereocenters. The van der Waals surface area contributed by atoms with Gasteiger partial charge in [0.15, 0.2) is 0 Å². The summed E-state index contributed by atoms with van der Waals surface area (Å²) in [6.45, 7) is 0. The van der Waals surface area contributed by atoms with E-state index in [1.807, 2.05) is 30.3 Å². The third-order valence-electron chi connectivity index (χ3n) is 4.71. The van der Waals surface area contributed by atoms with Gasteiger partial charge in [-0.2, -0.15) is 13.2 Å². The first kappa shape index (κ1) is 23.1. The zero-order chi connectivity index (χ0) is 24.0. The van der Waals surface area contributed by atoms with Gasteiger partial charge < -0.3 is 5.11 Å². The van der Waals surface area contributed by atoms with Crippen LogP contribution < -0.4 is 4.72 Å². The molecule has 4 aromatic rings. The lowest BCUT2D eigenvalue weighted by Gasteiger charge is -2.14. The summed E-state index contributed by atoms with van der Waals surface area (Å²) in [5, 5.41) is 10.0. The van der Waals surface area contributed by atoms with E-state index in [4.69, 9.17) is 11.6 Å². The summed E-state index contributed by atoms with van der Waals surface area (Å²) in [6, 6.07) is 15.4. The highest BCUT2D eigenvalue weighted by molar-refractivity contribution is 7.92. The molecule has 5 nitrogen and oxygen atoms in total. The van der Waals surface area contributed by atoms with Crippen LogP contribution in [0.1, 0.15) is 15.9 Å². The van der Waals surface area contributed by atoms with E-state index < -0.39 is 37.7 Å². The molecular formula is C22H13ClF3NO4S2. The zero-order valence-electron chi connectivity index (χ0n) is 16.4. The van der Waals surface area contributed by atoms with E-state index in [-0.39, 0.29) is 11.3 Å². The second-order valence-corrected chi connectivity index (χ2v) is 10.2. The van der Waals surface area contributed by atoms with Crippen LogP contribution in [0.3, 0.4) is 0 Å². The summed E-state index contributed by atoms with van der Waals surface area (Å²) in [6.07, 6.45) is -4.82. The predicted molar refractivity (Wildman–Crippen MR) is 121 cm³/mol. The number of sulfonamides is 1. The van der Waals surface area contributed by atoms with Gasteiger partial charge in [-0.05, 0) is 53.4 Å². The molecule has 33 heavy (non-hydrogen) atoms. The monoisotopic (exact) mass is 511 g/mol. The molecule has 0 amide bonds. The van der Waals surface area contributed by atoms with E-state index in [0.29, 0.717) is 17.7 Å². The van der Waals surface area contributed by atoms with Gasteiger partial charge in [-0.25, -0.2) is 13.2 Å². The first-order valence-corrected chi connectivity index (χ1v) is 11.9. The van der Waals surface area contributed by atoms with E-state index in [1.165, 1.54) is 29.5 Å². The van der Waals surface area contributed by atoms with Crippen LogP contribution in [0.15, 0.2) is 71.6 Å². The number of rotatable bonds is 5. The molecule has 2 N–H and O–H groups in total. The van der Waals surface area contributed by atoms with E-state index >= 15 is 0 Å². The van der Waals surface area contributed by atoms with E-state index in [1.54, 1.807) is 0 Å². The van der Waals surface area contributed by atoms with Crippen LogP contribution in [0.5, 0.6) is 0 Å². The molecule has 1 aromatic heterocycles. The second-order valence-electron chi connectivity index (χ2n) is 6.99. The molecule has 3 aromatic carbocycles. The molecule has 0 aliphatic heterocycles. The van der Waals surface area contributed by atoms with Gasteiger partial charge in [-0.1, -0.05) is 35.9 Å². The number of halogens is 4. The van der Waals surface area contributed by atoms with Crippen molar-refractivity contribution in [3.63, 3.8) is 0 Å². The summed E-state index contributed by atoms with van der Waals surface area (Å²) < 4.78 is 68.2. The minimum atomic E-state index is -4.82. The summed E-state index contributed by atoms with van der Waals surface area (Å²) in [5.41, 5.74) is -1.35. The number of hydrogen-bond acceptors (Lipinski definition) is 4. The van der Waals surface area contributed by atoms with Gasteiger partial charge in [0.05, 0.1) is 21.7 Å². The van der Waals surface area contributed by atoms with E-state index in [0.717, 1.165) is 21.0 Å². The lowest BCUT2D eigenvalue weighted by molar-refractivity contribution is -0.137. The molecule has 170 valence electrons. The number of hydrogen-bond donors (Lipinski definition) is 2.